The molecule has 0 bridgehead atoms. The molecule has 5 nitrogen and oxygen atoms in total. The van der Waals surface area contributed by atoms with Crippen LogP contribution in [0.15, 0.2) is 30.3 Å². The van der Waals surface area contributed by atoms with Crippen LogP contribution < -0.4 is 0 Å². The summed E-state index contributed by atoms with van der Waals surface area (Å²) in [7, 11) is 0. The van der Waals surface area contributed by atoms with E-state index in [2.05, 4.69) is 0 Å². The summed E-state index contributed by atoms with van der Waals surface area (Å²) in [6, 6.07) is 8.08. The molecular weight excluding hydrogens is 399 g/mol. The van der Waals surface area contributed by atoms with Gasteiger partial charge < -0.3 is 14.4 Å². The molecule has 1 amide bonds. The molecule has 0 spiro atoms. The van der Waals surface area contributed by atoms with E-state index in [0.717, 1.165) is 10.5 Å². The van der Waals surface area contributed by atoms with Crippen molar-refractivity contribution in [2.24, 2.45) is 5.92 Å². The lowest BCUT2D eigenvalue weighted by Crippen LogP contribution is -2.53. The van der Waals surface area contributed by atoms with Gasteiger partial charge >= 0.3 is 18.1 Å². The molecule has 8 heteroatoms. The van der Waals surface area contributed by atoms with Gasteiger partial charge in [0.25, 0.3) is 0 Å². The minimum absolute atomic E-state index is 0.131. The zero-order valence-electron chi connectivity index (χ0n) is 17.5. The van der Waals surface area contributed by atoms with Gasteiger partial charge in [-0.05, 0) is 37.7 Å². The van der Waals surface area contributed by atoms with Crippen LogP contribution in [0, 0.1) is 5.92 Å². The van der Waals surface area contributed by atoms with Crippen LogP contribution in [-0.4, -0.2) is 48.3 Å². The summed E-state index contributed by atoms with van der Waals surface area (Å²) >= 11 is 0. The fourth-order valence-corrected chi connectivity index (χ4v) is 4.01. The normalized spacial score (nSPS) is 22.0. The topological polar surface area (TPSA) is 55.8 Å². The van der Waals surface area contributed by atoms with Crippen LogP contribution in [0.2, 0.25) is 0 Å². The number of alkyl halides is 3. The SMILES string of the molecule is CC.O=C(OCc1ccccc1)C1CCC(N(C(=O)C(F)(F)F)C2CCOCC2)C1. The summed E-state index contributed by atoms with van der Waals surface area (Å²) in [6.45, 7) is 4.80. The van der Waals surface area contributed by atoms with Crippen molar-refractivity contribution in [3.63, 3.8) is 0 Å². The van der Waals surface area contributed by atoms with Gasteiger partial charge in [0.05, 0.1) is 5.92 Å². The van der Waals surface area contributed by atoms with Crippen molar-refractivity contribution in [2.75, 3.05) is 13.2 Å². The zero-order valence-corrected chi connectivity index (χ0v) is 17.5. The average molecular weight is 429 g/mol. The van der Waals surface area contributed by atoms with Crippen molar-refractivity contribution in [3.05, 3.63) is 35.9 Å². The maximum absolute atomic E-state index is 13.2. The predicted octanol–water partition coefficient (Wildman–Crippen LogP) is 4.49. The number of hydrogen-bond acceptors (Lipinski definition) is 4. The molecule has 1 saturated carbocycles. The molecule has 2 fully saturated rings. The summed E-state index contributed by atoms with van der Waals surface area (Å²) in [5.74, 6) is -2.72. The lowest BCUT2D eigenvalue weighted by Gasteiger charge is -2.39. The molecular formula is C22H30F3NO4. The average Bonchev–Trinajstić information content (AvgIpc) is 3.24. The molecule has 2 atom stereocenters. The van der Waals surface area contributed by atoms with Gasteiger partial charge in [0.15, 0.2) is 0 Å². The molecule has 1 aliphatic heterocycles. The van der Waals surface area contributed by atoms with E-state index in [1.807, 2.05) is 44.2 Å². The number of hydrogen-bond donors (Lipinski definition) is 0. The Bertz CT molecular complexity index is 675. The molecule has 0 radical (unpaired) electrons. The Morgan fingerprint density at radius 1 is 1.03 bits per heavy atom. The van der Waals surface area contributed by atoms with E-state index in [-0.39, 0.29) is 13.0 Å². The number of benzene rings is 1. The largest absolute Gasteiger partial charge is 0.471 e. The van der Waals surface area contributed by atoms with E-state index >= 15 is 0 Å². The van der Waals surface area contributed by atoms with Gasteiger partial charge in [0.2, 0.25) is 0 Å². The first kappa shape index (κ1) is 24.2. The lowest BCUT2D eigenvalue weighted by atomic mass is 10.0. The van der Waals surface area contributed by atoms with Gasteiger partial charge in [-0.25, -0.2) is 0 Å². The Labute approximate surface area is 175 Å². The monoisotopic (exact) mass is 429 g/mol. The van der Waals surface area contributed by atoms with Gasteiger partial charge in [0, 0.05) is 25.3 Å². The van der Waals surface area contributed by atoms with Crippen LogP contribution >= 0.6 is 0 Å². The van der Waals surface area contributed by atoms with Crippen molar-refractivity contribution < 1.29 is 32.2 Å². The molecule has 0 N–H and O–H groups in total. The summed E-state index contributed by atoms with van der Waals surface area (Å²) in [4.78, 5) is 25.4. The van der Waals surface area contributed by atoms with E-state index < -0.39 is 36.1 Å². The fraction of sp³-hybridized carbons (Fsp3) is 0.636. The van der Waals surface area contributed by atoms with Gasteiger partial charge in [-0.1, -0.05) is 44.2 Å². The molecule has 2 aliphatic rings. The third-order valence-corrected chi connectivity index (χ3v) is 5.42. The maximum Gasteiger partial charge on any atom is 0.471 e. The van der Waals surface area contributed by atoms with E-state index in [9.17, 15) is 22.8 Å². The van der Waals surface area contributed by atoms with Crippen molar-refractivity contribution >= 4 is 11.9 Å². The number of ether oxygens (including phenoxy) is 2. The van der Waals surface area contributed by atoms with Crippen molar-refractivity contribution in [1.29, 1.82) is 0 Å². The number of halogens is 3. The molecule has 1 aromatic carbocycles. The van der Waals surface area contributed by atoms with Gasteiger partial charge in [-0.3, -0.25) is 9.59 Å². The van der Waals surface area contributed by atoms with Crippen LogP contribution in [-0.2, 0) is 25.7 Å². The molecule has 2 unspecified atom stereocenters. The first-order chi connectivity index (χ1) is 14.4. The van der Waals surface area contributed by atoms with Crippen molar-refractivity contribution in [2.45, 2.75) is 70.8 Å². The Morgan fingerprint density at radius 2 is 1.67 bits per heavy atom. The second-order valence-corrected chi connectivity index (χ2v) is 7.31. The second kappa shape index (κ2) is 11.3. The first-order valence-corrected chi connectivity index (χ1v) is 10.5. The quantitative estimate of drug-likeness (QED) is 0.647. The summed E-state index contributed by atoms with van der Waals surface area (Å²) in [6.07, 6.45) is -3.19. The minimum atomic E-state index is -4.93. The third kappa shape index (κ3) is 6.45. The Morgan fingerprint density at radius 3 is 2.27 bits per heavy atom. The van der Waals surface area contributed by atoms with Gasteiger partial charge in [-0.2, -0.15) is 13.2 Å². The highest BCUT2D eigenvalue weighted by Gasteiger charge is 2.49. The summed E-state index contributed by atoms with van der Waals surface area (Å²) in [5.41, 5.74) is 0.849. The van der Waals surface area contributed by atoms with Crippen LogP contribution in [0.5, 0.6) is 0 Å². The second-order valence-electron chi connectivity index (χ2n) is 7.31. The van der Waals surface area contributed by atoms with E-state index in [1.165, 1.54) is 0 Å². The molecule has 168 valence electrons. The smallest absolute Gasteiger partial charge is 0.461 e. The van der Waals surface area contributed by atoms with Crippen LogP contribution in [0.1, 0.15) is 51.5 Å². The number of nitrogens with zero attached hydrogens (tertiary/aromatic N) is 1. The Kier molecular flexibility index (Phi) is 9.14. The predicted molar refractivity (Wildman–Crippen MR) is 105 cm³/mol. The van der Waals surface area contributed by atoms with E-state index in [4.69, 9.17) is 9.47 Å². The summed E-state index contributed by atoms with van der Waals surface area (Å²) in [5, 5.41) is 0. The molecule has 30 heavy (non-hydrogen) atoms. The molecule has 1 saturated heterocycles. The number of amides is 1. The Hall–Kier alpha value is -2.09. The summed E-state index contributed by atoms with van der Waals surface area (Å²) < 4.78 is 50.0. The van der Waals surface area contributed by atoms with Crippen molar-refractivity contribution in [3.8, 4) is 0 Å². The van der Waals surface area contributed by atoms with Gasteiger partial charge in [0.1, 0.15) is 6.61 Å². The third-order valence-electron chi connectivity index (χ3n) is 5.42. The fourth-order valence-electron chi connectivity index (χ4n) is 4.01. The zero-order chi connectivity index (χ0) is 22.1. The van der Waals surface area contributed by atoms with E-state index in [0.29, 0.717) is 38.9 Å². The standard InChI is InChI=1S/C20H24F3NO4.C2H6/c21-20(22,23)19(26)24(16-8-10-27-11-9-16)17-7-6-15(12-17)18(25)28-13-14-4-2-1-3-5-14;1-2/h1-5,15-17H,6-13H2;1-2H3. The highest BCUT2D eigenvalue weighted by Crippen LogP contribution is 2.35. The van der Waals surface area contributed by atoms with Crippen LogP contribution in [0.25, 0.3) is 0 Å². The lowest BCUT2D eigenvalue weighted by molar-refractivity contribution is -0.192. The number of rotatable bonds is 5. The number of esters is 1. The highest BCUT2D eigenvalue weighted by molar-refractivity contribution is 5.83. The van der Waals surface area contributed by atoms with Crippen LogP contribution in [0.3, 0.4) is 0 Å². The molecule has 3 rings (SSSR count). The van der Waals surface area contributed by atoms with Crippen molar-refractivity contribution in [1.82, 2.24) is 4.90 Å². The minimum Gasteiger partial charge on any atom is -0.461 e. The van der Waals surface area contributed by atoms with E-state index in [1.54, 1.807) is 0 Å². The van der Waals surface area contributed by atoms with Gasteiger partial charge in [-0.15, -0.1) is 0 Å². The Balaban J connectivity index is 0.00000155. The number of carbonyl (C=O) groups excluding carboxylic acids is 2. The highest BCUT2D eigenvalue weighted by atomic mass is 19.4. The number of carbonyl (C=O) groups is 2. The maximum atomic E-state index is 13.2. The first-order valence-electron chi connectivity index (χ1n) is 10.5. The molecule has 1 heterocycles. The molecule has 0 aromatic heterocycles. The molecule has 1 aliphatic carbocycles. The molecule has 1 aromatic rings. The van der Waals surface area contributed by atoms with Crippen LogP contribution in [0.4, 0.5) is 13.2 Å².